The zero-order valence-corrected chi connectivity index (χ0v) is 14.6. The molecule has 0 saturated carbocycles. The molecule has 3 rings (SSSR count). The summed E-state index contributed by atoms with van der Waals surface area (Å²) in [6.45, 7) is 5.47. The third kappa shape index (κ3) is 4.05. The zero-order chi connectivity index (χ0) is 17.8. The Kier molecular flexibility index (Phi) is 5.13. The van der Waals surface area contributed by atoms with Gasteiger partial charge in [0.05, 0.1) is 17.3 Å². The van der Waals surface area contributed by atoms with Gasteiger partial charge in [-0.15, -0.1) is 0 Å². The third-order valence-corrected chi connectivity index (χ3v) is 4.44. The van der Waals surface area contributed by atoms with Crippen LogP contribution in [0.15, 0.2) is 24.3 Å². The first-order chi connectivity index (χ1) is 12.1. The summed E-state index contributed by atoms with van der Waals surface area (Å²) < 4.78 is 14.3. The smallest absolute Gasteiger partial charge is 0.147 e. The lowest BCUT2D eigenvalue weighted by molar-refractivity contribution is 0.518. The van der Waals surface area contributed by atoms with Gasteiger partial charge in [-0.25, -0.2) is 14.4 Å². The molecule has 1 aliphatic heterocycles. The highest BCUT2D eigenvalue weighted by atomic mass is 19.1. The van der Waals surface area contributed by atoms with Crippen LogP contribution in [0.2, 0.25) is 0 Å². The van der Waals surface area contributed by atoms with Crippen molar-refractivity contribution in [2.45, 2.75) is 39.2 Å². The molecule has 1 fully saturated rings. The highest BCUT2D eigenvalue weighted by Gasteiger charge is 2.22. The van der Waals surface area contributed by atoms with Crippen LogP contribution in [0.3, 0.4) is 0 Å². The van der Waals surface area contributed by atoms with Gasteiger partial charge >= 0.3 is 0 Å². The Morgan fingerprint density at radius 3 is 2.92 bits per heavy atom. The summed E-state index contributed by atoms with van der Waals surface area (Å²) in [5, 5.41) is 12.4. The van der Waals surface area contributed by atoms with Gasteiger partial charge in [0, 0.05) is 30.9 Å². The van der Waals surface area contributed by atoms with Crippen molar-refractivity contribution in [2.24, 2.45) is 0 Å². The summed E-state index contributed by atoms with van der Waals surface area (Å²) in [4.78, 5) is 10.9. The average Bonchev–Trinajstić information content (AvgIpc) is 2.61. The summed E-state index contributed by atoms with van der Waals surface area (Å²) in [5.74, 6) is 1.25. The molecule has 0 spiro atoms. The molecule has 25 heavy (non-hydrogen) atoms. The van der Waals surface area contributed by atoms with Gasteiger partial charge in [0.15, 0.2) is 0 Å². The molecule has 0 bridgehead atoms. The lowest BCUT2D eigenvalue weighted by atomic mass is 10.0. The fourth-order valence-corrected chi connectivity index (χ4v) is 3.24. The molecule has 2 heterocycles. The molecule has 1 unspecified atom stereocenters. The summed E-state index contributed by atoms with van der Waals surface area (Å²) in [6.07, 6.45) is 2.85. The molecular weight excluding hydrogens is 317 g/mol. The number of rotatable bonds is 4. The van der Waals surface area contributed by atoms with Crippen LogP contribution in [-0.2, 0) is 6.42 Å². The SMILES string of the molecule is CCc1cc(NC2CCCN(c3ccc(C#N)cc3F)C2)nc(C)n1. The molecule has 0 aliphatic carbocycles. The van der Waals surface area contributed by atoms with Crippen molar-refractivity contribution in [3.63, 3.8) is 0 Å². The number of anilines is 2. The largest absolute Gasteiger partial charge is 0.367 e. The fourth-order valence-electron chi connectivity index (χ4n) is 3.24. The zero-order valence-electron chi connectivity index (χ0n) is 14.6. The van der Waals surface area contributed by atoms with Gasteiger partial charge in [-0.1, -0.05) is 6.92 Å². The first-order valence-electron chi connectivity index (χ1n) is 8.64. The van der Waals surface area contributed by atoms with Crippen molar-refractivity contribution in [1.29, 1.82) is 5.26 Å². The van der Waals surface area contributed by atoms with E-state index in [0.29, 0.717) is 17.8 Å². The topological polar surface area (TPSA) is 64.8 Å². The summed E-state index contributed by atoms with van der Waals surface area (Å²) in [5.41, 5.74) is 1.91. The number of halogens is 1. The highest BCUT2D eigenvalue weighted by molar-refractivity contribution is 5.52. The Hall–Kier alpha value is -2.68. The molecule has 1 N–H and O–H groups in total. The van der Waals surface area contributed by atoms with Crippen molar-refractivity contribution in [1.82, 2.24) is 9.97 Å². The Bertz CT molecular complexity index is 799. The molecule has 0 amide bonds. The minimum Gasteiger partial charge on any atom is -0.367 e. The maximum absolute atomic E-state index is 14.3. The maximum Gasteiger partial charge on any atom is 0.147 e. The van der Waals surface area contributed by atoms with E-state index in [9.17, 15) is 4.39 Å². The van der Waals surface area contributed by atoms with E-state index in [0.717, 1.165) is 43.1 Å². The Morgan fingerprint density at radius 1 is 1.36 bits per heavy atom. The lowest BCUT2D eigenvalue weighted by Crippen LogP contribution is -2.42. The fraction of sp³-hybridized carbons (Fsp3) is 0.421. The number of hydrogen-bond acceptors (Lipinski definition) is 5. The number of aryl methyl sites for hydroxylation is 2. The van der Waals surface area contributed by atoms with Crippen molar-refractivity contribution in [2.75, 3.05) is 23.3 Å². The normalized spacial score (nSPS) is 17.2. The predicted molar refractivity (Wildman–Crippen MR) is 96.1 cm³/mol. The van der Waals surface area contributed by atoms with Crippen molar-refractivity contribution >= 4 is 11.5 Å². The number of piperidine rings is 1. The van der Waals surface area contributed by atoms with E-state index < -0.39 is 0 Å². The number of hydrogen-bond donors (Lipinski definition) is 1. The van der Waals surface area contributed by atoms with Crippen LogP contribution in [0.4, 0.5) is 15.9 Å². The molecule has 2 aromatic rings. The van der Waals surface area contributed by atoms with E-state index in [1.165, 1.54) is 6.07 Å². The van der Waals surface area contributed by atoms with Crippen LogP contribution in [0.25, 0.3) is 0 Å². The number of aromatic nitrogens is 2. The Morgan fingerprint density at radius 2 is 2.20 bits per heavy atom. The summed E-state index contributed by atoms with van der Waals surface area (Å²) in [6, 6.07) is 8.81. The molecule has 5 nitrogen and oxygen atoms in total. The summed E-state index contributed by atoms with van der Waals surface area (Å²) >= 11 is 0. The van der Waals surface area contributed by atoms with Crippen molar-refractivity contribution in [3.05, 3.63) is 47.2 Å². The molecule has 1 saturated heterocycles. The Balaban J connectivity index is 1.73. The van der Waals surface area contributed by atoms with Crippen LogP contribution >= 0.6 is 0 Å². The second-order valence-corrected chi connectivity index (χ2v) is 6.35. The van der Waals surface area contributed by atoms with E-state index in [1.807, 2.05) is 24.0 Å². The predicted octanol–water partition coefficient (Wildman–Crippen LogP) is 3.44. The molecule has 1 aromatic carbocycles. The molecule has 1 atom stereocenters. The minimum absolute atomic E-state index is 0.197. The van der Waals surface area contributed by atoms with Gasteiger partial charge in [-0.05, 0) is 44.4 Å². The van der Waals surface area contributed by atoms with Gasteiger partial charge in [0.25, 0.3) is 0 Å². The molecule has 0 radical (unpaired) electrons. The van der Waals surface area contributed by atoms with Gasteiger partial charge in [-0.3, -0.25) is 0 Å². The quantitative estimate of drug-likeness (QED) is 0.924. The molecule has 6 heteroatoms. The second kappa shape index (κ2) is 7.47. The number of nitrogens with one attached hydrogen (secondary N) is 1. The van der Waals surface area contributed by atoms with Crippen LogP contribution < -0.4 is 10.2 Å². The first-order valence-corrected chi connectivity index (χ1v) is 8.64. The summed E-state index contributed by atoms with van der Waals surface area (Å²) in [7, 11) is 0. The van der Waals surface area contributed by atoms with E-state index in [1.54, 1.807) is 12.1 Å². The van der Waals surface area contributed by atoms with Crippen LogP contribution in [0.5, 0.6) is 0 Å². The first kappa shape index (κ1) is 17.2. The van der Waals surface area contributed by atoms with Gasteiger partial charge < -0.3 is 10.2 Å². The van der Waals surface area contributed by atoms with Gasteiger partial charge in [0.1, 0.15) is 17.5 Å². The third-order valence-electron chi connectivity index (χ3n) is 4.44. The van der Waals surface area contributed by atoms with E-state index in [-0.39, 0.29) is 11.9 Å². The minimum atomic E-state index is -0.342. The molecular formula is C19H22FN5. The number of nitriles is 1. The van der Waals surface area contributed by atoms with E-state index in [4.69, 9.17) is 5.26 Å². The van der Waals surface area contributed by atoms with Crippen LogP contribution in [-0.4, -0.2) is 29.1 Å². The monoisotopic (exact) mass is 339 g/mol. The van der Waals surface area contributed by atoms with Crippen LogP contribution in [0.1, 0.15) is 36.8 Å². The lowest BCUT2D eigenvalue weighted by Gasteiger charge is -2.35. The standard InChI is InChI=1S/C19H22FN5/c1-3-15-10-19(23-13(2)22-15)24-16-5-4-8-25(12-16)18-7-6-14(11-21)9-17(18)20/h6-7,9-10,16H,3-5,8,12H2,1-2H3,(H,22,23,24). The van der Waals surface area contributed by atoms with E-state index in [2.05, 4.69) is 22.2 Å². The molecule has 1 aliphatic rings. The Labute approximate surface area is 147 Å². The number of nitrogens with zero attached hydrogens (tertiary/aromatic N) is 4. The van der Waals surface area contributed by atoms with Gasteiger partial charge in [-0.2, -0.15) is 5.26 Å². The van der Waals surface area contributed by atoms with Crippen molar-refractivity contribution in [3.8, 4) is 6.07 Å². The van der Waals surface area contributed by atoms with Crippen LogP contribution in [0, 0.1) is 24.1 Å². The maximum atomic E-state index is 14.3. The number of benzene rings is 1. The highest BCUT2D eigenvalue weighted by Crippen LogP contribution is 2.25. The van der Waals surface area contributed by atoms with E-state index >= 15 is 0 Å². The molecule has 1 aromatic heterocycles. The van der Waals surface area contributed by atoms with Crippen molar-refractivity contribution < 1.29 is 4.39 Å². The van der Waals surface area contributed by atoms with Gasteiger partial charge in [0.2, 0.25) is 0 Å². The second-order valence-electron chi connectivity index (χ2n) is 6.35. The molecule has 130 valence electrons. The average molecular weight is 339 g/mol.